The van der Waals surface area contributed by atoms with E-state index in [0.717, 1.165) is 18.6 Å². The van der Waals surface area contributed by atoms with Gasteiger partial charge in [0.05, 0.1) is 5.56 Å². The van der Waals surface area contributed by atoms with Gasteiger partial charge in [-0.05, 0) is 37.1 Å². The average Bonchev–Trinajstić information content (AvgIpc) is 3.09. The Morgan fingerprint density at radius 3 is 2.36 bits per heavy atom. The zero-order valence-corrected chi connectivity index (χ0v) is 12.9. The summed E-state index contributed by atoms with van der Waals surface area (Å²) in [6, 6.07) is 17.4. The lowest BCUT2D eigenvalue weighted by Crippen LogP contribution is -2.35. The molecule has 0 saturated heterocycles. The van der Waals surface area contributed by atoms with Crippen molar-refractivity contribution in [2.75, 3.05) is 7.05 Å². The number of hydrogen-bond donors (Lipinski definition) is 0. The Bertz CT molecular complexity index is 633. The number of nitrogens with zero attached hydrogens (tertiary/aromatic N) is 1. The molecule has 1 aliphatic carbocycles. The minimum Gasteiger partial charge on any atom is -0.457 e. The Kier molecular flexibility index (Phi) is 4.42. The summed E-state index contributed by atoms with van der Waals surface area (Å²) in [5.74, 6) is 1.40. The van der Waals surface area contributed by atoms with E-state index in [0.29, 0.717) is 17.4 Å². The van der Waals surface area contributed by atoms with Crippen molar-refractivity contribution in [2.24, 2.45) is 0 Å². The molecule has 0 atom stereocenters. The van der Waals surface area contributed by atoms with Gasteiger partial charge in [-0.15, -0.1) is 0 Å². The minimum atomic E-state index is 0.0402. The van der Waals surface area contributed by atoms with Gasteiger partial charge in [-0.1, -0.05) is 43.2 Å². The Balaban J connectivity index is 1.82. The van der Waals surface area contributed by atoms with Crippen LogP contribution in [-0.2, 0) is 0 Å². The van der Waals surface area contributed by atoms with Crippen LogP contribution in [-0.4, -0.2) is 23.9 Å². The zero-order valence-electron chi connectivity index (χ0n) is 12.9. The van der Waals surface area contributed by atoms with Gasteiger partial charge < -0.3 is 9.64 Å². The first-order valence-electron chi connectivity index (χ1n) is 7.85. The first-order valence-corrected chi connectivity index (χ1v) is 7.85. The van der Waals surface area contributed by atoms with E-state index in [1.807, 2.05) is 66.5 Å². The maximum atomic E-state index is 12.8. The van der Waals surface area contributed by atoms with Gasteiger partial charge in [-0.3, -0.25) is 4.79 Å². The molecule has 1 saturated carbocycles. The predicted octanol–water partition coefficient (Wildman–Crippen LogP) is 4.49. The Hall–Kier alpha value is -2.29. The summed E-state index contributed by atoms with van der Waals surface area (Å²) >= 11 is 0. The fraction of sp³-hybridized carbons (Fsp3) is 0.316. The lowest BCUT2D eigenvalue weighted by atomic mass is 10.1. The molecule has 0 bridgehead atoms. The topological polar surface area (TPSA) is 29.5 Å². The van der Waals surface area contributed by atoms with Gasteiger partial charge in [0.25, 0.3) is 5.91 Å². The number of ether oxygens (including phenoxy) is 1. The maximum Gasteiger partial charge on any atom is 0.257 e. The van der Waals surface area contributed by atoms with E-state index in [-0.39, 0.29) is 5.91 Å². The van der Waals surface area contributed by atoms with Gasteiger partial charge in [0.15, 0.2) is 0 Å². The summed E-state index contributed by atoms with van der Waals surface area (Å²) in [6.07, 6.45) is 4.63. The third kappa shape index (κ3) is 3.14. The number of benzene rings is 2. The van der Waals surface area contributed by atoms with Crippen molar-refractivity contribution in [3.63, 3.8) is 0 Å². The highest BCUT2D eigenvalue weighted by Gasteiger charge is 2.25. The van der Waals surface area contributed by atoms with Crippen molar-refractivity contribution in [1.29, 1.82) is 0 Å². The Morgan fingerprint density at radius 2 is 1.64 bits per heavy atom. The predicted molar refractivity (Wildman–Crippen MR) is 87.3 cm³/mol. The van der Waals surface area contributed by atoms with Crippen molar-refractivity contribution >= 4 is 5.91 Å². The zero-order chi connectivity index (χ0) is 15.4. The van der Waals surface area contributed by atoms with E-state index in [9.17, 15) is 4.79 Å². The van der Waals surface area contributed by atoms with Crippen LogP contribution in [0, 0.1) is 0 Å². The van der Waals surface area contributed by atoms with Crippen molar-refractivity contribution in [1.82, 2.24) is 4.90 Å². The first-order chi connectivity index (χ1) is 10.8. The third-order valence-electron chi connectivity index (χ3n) is 4.28. The quantitative estimate of drug-likeness (QED) is 0.831. The molecule has 22 heavy (non-hydrogen) atoms. The van der Waals surface area contributed by atoms with Gasteiger partial charge in [-0.25, -0.2) is 0 Å². The van der Waals surface area contributed by atoms with E-state index in [2.05, 4.69) is 0 Å². The molecule has 3 nitrogen and oxygen atoms in total. The molecule has 1 aliphatic rings. The van der Waals surface area contributed by atoms with E-state index in [1.165, 1.54) is 12.8 Å². The second-order valence-corrected chi connectivity index (χ2v) is 5.77. The van der Waals surface area contributed by atoms with Crippen LogP contribution in [0.1, 0.15) is 36.0 Å². The van der Waals surface area contributed by atoms with Crippen LogP contribution >= 0.6 is 0 Å². The molecular weight excluding hydrogens is 274 g/mol. The monoisotopic (exact) mass is 295 g/mol. The molecule has 3 heteroatoms. The molecule has 0 aliphatic heterocycles. The maximum absolute atomic E-state index is 12.8. The number of carbonyl (C=O) groups excluding carboxylic acids is 1. The summed E-state index contributed by atoms with van der Waals surface area (Å²) in [6.45, 7) is 0. The van der Waals surface area contributed by atoms with Crippen LogP contribution in [0.4, 0.5) is 0 Å². The van der Waals surface area contributed by atoms with Crippen LogP contribution in [0.5, 0.6) is 11.5 Å². The highest BCUT2D eigenvalue weighted by molar-refractivity contribution is 5.97. The normalized spacial score (nSPS) is 14.8. The van der Waals surface area contributed by atoms with Gasteiger partial charge in [0, 0.05) is 13.1 Å². The summed E-state index contributed by atoms with van der Waals surface area (Å²) < 4.78 is 5.90. The van der Waals surface area contributed by atoms with Crippen molar-refractivity contribution in [3.05, 3.63) is 60.2 Å². The lowest BCUT2D eigenvalue weighted by Gasteiger charge is -2.25. The van der Waals surface area contributed by atoms with E-state index < -0.39 is 0 Å². The molecule has 1 fully saturated rings. The van der Waals surface area contributed by atoms with Crippen LogP contribution < -0.4 is 4.74 Å². The summed E-state index contributed by atoms with van der Waals surface area (Å²) in [5.41, 5.74) is 0.626. The number of rotatable bonds is 4. The molecule has 0 N–H and O–H groups in total. The Morgan fingerprint density at radius 1 is 1.00 bits per heavy atom. The van der Waals surface area contributed by atoms with Gasteiger partial charge >= 0.3 is 0 Å². The minimum absolute atomic E-state index is 0.0402. The molecule has 1 amide bonds. The van der Waals surface area contributed by atoms with Crippen molar-refractivity contribution < 1.29 is 9.53 Å². The van der Waals surface area contributed by atoms with Gasteiger partial charge in [-0.2, -0.15) is 0 Å². The highest BCUT2D eigenvalue weighted by Crippen LogP contribution is 2.28. The molecule has 0 heterocycles. The second-order valence-electron chi connectivity index (χ2n) is 5.77. The second kappa shape index (κ2) is 6.65. The van der Waals surface area contributed by atoms with Crippen LogP contribution in [0.2, 0.25) is 0 Å². The van der Waals surface area contributed by atoms with Crippen molar-refractivity contribution in [3.8, 4) is 11.5 Å². The van der Waals surface area contributed by atoms with Crippen LogP contribution in [0.3, 0.4) is 0 Å². The van der Waals surface area contributed by atoms with E-state index >= 15 is 0 Å². The smallest absolute Gasteiger partial charge is 0.257 e. The van der Waals surface area contributed by atoms with Crippen molar-refractivity contribution in [2.45, 2.75) is 31.7 Å². The molecule has 0 spiro atoms. The number of para-hydroxylation sites is 2. The van der Waals surface area contributed by atoms with E-state index in [1.54, 1.807) is 0 Å². The molecule has 114 valence electrons. The van der Waals surface area contributed by atoms with Gasteiger partial charge in [0.1, 0.15) is 11.5 Å². The molecular formula is C19H21NO2. The molecule has 0 radical (unpaired) electrons. The fourth-order valence-corrected chi connectivity index (χ4v) is 3.00. The SMILES string of the molecule is CN(C(=O)c1ccccc1Oc1ccccc1)C1CCCC1. The highest BCUT2D eigenvalue weighted by atomic mass is 16.5. The number of hydrogen-bond acceptors (Lipinski definition) is 2. The van der Waals surface area contributed by atoms with E-state index in [4.69, 9.17) is 4.74 Å². The molecule has 0 unspecified atom stereocenters. The average molecular weight is 295 g/mol. The third-order valence-corrected chi connectivity index (χ3v) is 4.28. The van der Waals surface area contributed by atoms with Crippen LogP contribution in [0.25, 0.3) is 0 Å². The summed E-state index contributed by atoms with van der Waals surface area (Å²) in [7, 11) is 1.90. The standard InChI is InChI=1S/C19H21NO2/c1-20(15-9-5-6-10-15)19(21)17-13-7-8-14-18(17)22-16-11-3-2-4-12-16/h2-4,7-8,11-15H,5-6,9-10H2,1H3. The first kappa shape index (κ1) is 14.6. The Labute approximate surface area is 131 Å². The molecule has 0 aromatic heterocycles. The van der Waals surface area contributed by atoms with Crippen LogP contribution in [0.15, 0.2) is 54.6 Å². The molecule has 3 rings (SSSR count). The van der Waals surface area contributed by atoms with Gasteiger partial charge in [0.2, 0.25) is 0 Å². The fourth-order valence-electron chi connectivity index (χ4n) is 3.00. The largest absolute Gasteiger partial charge is 0.457 e. The number of carbonyl (C=O) groups is 1. The molecule has 2 aromatic rings. The lowest BCUT2D eigenvalue weighted by molar-refractivity contribution is 0.0732. The summed E-state index contributed by atoms with van der Waals surface area (Å²) in [4.78, 5) is 14.7. The molecule has 2 aromatic carbocycles. The summed E-state index contributed by atoms with van der Waals surface area (Å²) in [5, 5.41) is 0. The number of amides is 1.